The summed E-state index contributed by atoms with van der Waals surface area (Å²) in [6.07, 6.45) is 0.861. The van der Waals surface area contributed by atoms with E-state index in [9.17, 15) is 14.7 Å². The van der Waals surface area contributed by atoms with Crippen molar-refractivity contribution in [1.29, 1.82) is 0 Å². The highest BCUT2D eigenvalue weighted by atomic mass is 16.4. The number of carboxylic acid groups (broad SMARTS) is 1. The molecule has 0 radical (unpaired) electrons. The zero-order valence-electron chi connectivity index (χ0n) is 11.4. The summed E-state index contributed by atoms with van der Waals surface area (Å²) in [6, 6.07) is 6.37. The van der Waals surface area contributed by atoms with Gasteiger partial charge in [0, 0.05) is 11.3 Å². The van der Waals surface area contributed by atoms with E-state index in [1.165, 1.54) is 0 Å². The van der Waals surface area contributed by atoms with Gasteiger partial charge in [-0.3, -0.25) is 9.59 Å². The van der Waals surface area contributed by atoms with E-state index in [4.69, 9.17) is 5.11 Å². The smallest absolute Gasteiger partial charge is 0.322 e. The van der Waals surface area contributed by atoms with Crippen LogP contribution in [0.5, 0.6) is 0 Å². The summed E-state index contributed by atoms with van der Waals surface area (Å²) in [4.78, 5) is 21.9. The topological polar surface area (TPSA) is 98.7 Å². The Morgan fingerprint density at radius 2 is 1.85 bits per heavy atom. The summed E-state index contributed by atoms with van der Waals surface area (Å²) >= 11 is 0. The second-order valence-electron chi connectivity index (χ2n) is 4.49. The van der Waals surface area contributed by atoms with Gasteiger partial charge in [0.2, 0.25) is 0 Å². The molecule has 0 fully saturated rings. The Balaban J connectivity index is 2.62. The average Bonchev–Trinajstić information content (AvgIpc) is 2.35. The Kier molecular flexibility index (Phi) is 5.74. The second kappa shape index (κ2) is 7.30. The fraction of sp³-hybridized carbons (Fsp3) is 0.286. The molecule has 6 nitrogen and oxygen atoms in total. The first-order valence-corrected chi connectivity index (χ1v) is 6.08. The van der Waals surface area contributed by atoms with Crippen molar-refractivity contribution in [3.8, 4) is 0 Å². The molecule has 0 aliphatic carbocycles. The van der Waals surface area contributed by atoms with E-state index < -0.39 is 24.6 Å². The molecule has 1 aromatic rings. The van der Waals surface area contributed by atoms with Gasteiger partial charge in [-0.15, -0.1) is 0 Å². The van der Waals surface area contributed by atoms with Gasteiger partial charge in [-0.25, -0.2) is 0 Å². The minimum Gasteiger partial charge on any atom is -0.480 e. The number of allylic oxidation sites excluding steroid dienone is 1. The first-order chi connectivity index (χ1) is 9.38. The number of carbonyl (C=O) groups excluding carboxylic acids is 1. The number of nitrogens with one attached hydrogen (secondary N) is 2. The number of benzene rings is 1. The largest absolute Gasteiger partial charge is 0.480 e. The molecule has 1 aromatic carbocycles. The normalized spacial score (nSPS) is 11.3. The van der Waals surface area contributed by atoms with Crippen LogP contribution in [0.15, 0.2) is 35.9 Å². The lowest BCUT2D eigenvalue weighted by Crippen LogP contribution is -2.29. The zero-order valence-corrected chi connectivity index (χ0v) is 11.4. The molecule has 0 aliphatic rings. The van der Waals surface area contributed by atoms with Crippen molar-refractivity contribution in [1.82, 2.24) is 5.32 Å². The van der Waals surface area contributed by atoms with Crippen LogP contribution in [0.2, 0.25) is 0 Å². The number of aliphatic hydroxyl groups is 1. The first-order valence-electron chi connectivity index (χ1n) is 6.08. The number of hydrogen-bond donors (Lipinski definition) is 4. The lowest BCUT2D eigenvalue weighted by molar-refractivity contribution is -0.135. The molecule has 1 rings (SSSR count). The molecule has 0 heterocycles. The minimum absolute atomic E-state index is 0.355. The second-order valence-corrected chi connectivity index (χ2v) is 4.49. The molecule has 0 spiro atoms. The van der Waals surface area contributed by atoms with Crippen LogP contribution in [0.4, 0.5) is 5.69 Å². The summed E-state index contributed by atoms with van der Waals surface area (Å²) < 4.78 is 0. The van der Waals surface area contributed by atoms with Crippen molar-refractivity contribution in [3.63, 3.8) is 0 Å². The molecule has 0 aromatic heterocycles. The molecule has 0 saturated heterocycles. The molecule has 1 amide bonds. The SMILES string of the molecule is CC(C)=CC(O)Nc1ccc(C(=O)NCC(=O)O)cc1. The summed E-state index contributed by atoms with van der Waals surface area (Å²) in [5.41, 5.74) is 1.99. The van der Waals surface area contributed by atoms with E-state index >= 15 is 0 Å². The van der Waals surface area contributed by atoms with Crippen molar-refractivity contribution in [2.24, 2.45) is 0 Å². The van der Waals surface area contributed by atoms with Crippen molar-refractivity contribution in [2.75, 3.05) is 11.9 Å². The van der Waals surface area contributed by atoms with Gasteiger partial charge in [-0.1, -0.05) is 5.57 Å². The molecule has 0 saturated carbocycles. The van der Waals surface area contributed by atoms with Crippen molar-refractivity contribution in [2.45, 2.75) is 20.1 Å². The predicted molar refractivity (Wildman–Crippen MR) is 75.5 cm³/mol. The number of carbonyl (C=O) groups is 2. The van der Waals surface area contributed by atoms with Gasteiger partial charge in [-0.05, 0) is 44.2 Å². The number of hydrogen-bond acceptors (Lipinski definition) is 4. The van der Waals surface area contributed by atoms with Gasteiger partial charge in [0.1, 0.15) is 12.8 Å². The number of anilines is 1. The van der Waals surface area contributed by atoms with E-state index in [1.807, 2.05) is 13.8 Å². The highest BCUT2D eigenvalue weighted by Crippen LogP contribution is 2.11. The van der Waals surface area contributed by atoms with Gasteiger partial charge >= 0.3 is 5.97 Å². The third kappa shape index (κ3) is 5.53. The van der Waals surface area contributed by atoms with Crippen molar-refractivity contribution >= 4 is 17.6 Å². The van der Waals surface area contributed by atoms with Gasteiger partial charge in [0.05, 0.1) is 0 Å². The minimum atomic E-state index is -1.10. The monoisotopic (exact) mass is 278 g/mol. The summed E-state index contributed by atoms with van der Waals surface area (Å²) in [5.74, 6) is -1.55. The van der Waals surface area contributed by atoms with Crippen LogP contribution in [0, 0.1) is 0 Å². The number of rotatable bonds is 6. The van der Waals surface area contributed by atoms with E-state index in [-0.39, 0.29) is 0 Å². The molecule has 0 aliphatic heterocycles. The van der Waals surface area contributed by atoms with Crippen LogP contribution < -0.4 is 10.6 Å². The van der Waals surface area contributed by atoms with Crippen LogP contribution in [-0.4, -0.2) is 34.9 Å². The maximum Gasteiger partial charge on any atom is 0.322 e. The van der Waals surface area contributed by atoms with Gasteiger partial charge in [0.15, 0.2) is 0 Å². The van der Waals surface area contributed by atoms with Crippen LogP contribution >= 0.6 is 0 Å². The molecule has 1 unspecified atom stereocenters. The molecule has 0 bridgehead atoms. The molecular formula is C14H18N2O4. The van der Waals surface area contributed by atoms with Crippen LogP contribution in [0.1, 0.15) is 24.2 Å². The van der Waals surface area contributed by atoms with Crippen LogP contribution in [0.3, 0.4) is 0 Å². The van der Waals surface area contributed by atoms with Crippen molar-refractivity contribution < 1.29 is 19.8 Å². The lowest BCUT2D eigenvalue weighted by Gasteiger charge is -2.11. The van der Waals surface area contributed by atoms with E-state index in [0.29, 0.717) is 11.3 Å². The number of aliphatic hydroxyl groups excluding tert-OH is 1. The third-order valence-corrected chi connectivity index (χ3v) is 2.35. The molecule has 108 valence electrons. The van der Waals surface area contributed by atoms with E-state index in [2.05, 4.69) is 10.6 Å². The molecule has 20 heavy (non-hydrogen) atoms. The highest BCUT2D eigenvalue weighted by Gasteiger charge is 2.07. The quantitative estimate of drug-likeness (QED) is 0.463. The fourth-order valence-corrected chi connectivity index (χ4v) is 1.50. The lowest BCUT2D eigenvalue weighted by atomic mass is 10.2. The number of carboxylic acids is 1. The number of aliphatic carboxylic acids is 1. The molecular weight excluding hydrogens is 260 g/mol. The van der Waals surface area contributed by atoms with Gasteiger partial charge < -0.3 is 20.8 Å². The average molecular weight is 278 g/mol. The van der Waals surface area contributed by atoms with E-state index in [1.54, 1.807) is 30.3 Å². The zero-order chi connectivity index (χ0) is 15.1. The Morgan fingerprint density at radius 1 is 1.25 bits per heavy atom. The molecule has 4 N–H and O–H groups in total. The first kappa shape index (κ1) is 15.7. The van der Waals surface area contributed by atoms with Crippen LogP contribution in [0.25, 0.3) is 0 Å². The maximum absolute atomic E-state index is 11.6. The van der Waals surface area contributed by atoms with Crippen molar-refractivity contribution in [3.05, 3.63) is 41.5 Å². The Labute approximate surface area is 117 Å². The Morgan fingerprint density at radius 3 is 2.35 bits per heavy atom. The highest BCUT2D eigenvalue weighted by molar-refractivity contribution is 5.96. The third-order valence-electron chi connectivity index (χ3n) is 2.35. The fourth-order valence-electron chi connectivity index (χ4n) is 1.50. The van der Waals surface area contributed by atoms with E-state index in [0.717, 1.165) is 5.57 Å². The Hall–Kier alpha value is -2.34. The summed E-state index contributed by atoms with van der Waals surface area (Å²) in [6.45, 7) is 3.33. The Bertz CT molecular complexity index is 504. The maximum atomic E-state index is 11.6. The molecule has 6 heteroatoms. The van der Waals surface area contributed by atoms with Crippen LogP contribution in [-0.2, 0) is 4.79 Å². The predicted octanol–water partition coefficient (Wildman–Crippen LogP) is 1.20. The van der Waals surface area contributed by atoms with Gasteiger partial charge in [0.25, 0.3) is 5.91 Å². The molecule has 1 atom stereocenters. The summed E-state index contributed by atoms with van der Waals surface area (Å²) in [5, 5.41) is 23.2. The van der Waals surface area contributed by atoms with Gasteiger partial charge in [-0.2, -0.15) is 0 Å². The number of amides is 1. The standard InChI is InChI=1S/C14H18N2O4/c1-9(2)7-12(17)16-11-5-3-10(4-6-11)14(20)15-8-13(18)19/h3-7,12,16-17H,8H2,1-2H3,(H,15,20)(H,18,19). The summed E-state index contributed by atoms with van der Waals surface area (Å²) in [7, 11) is 0.